The summed E-state index contributed by atoms with van der Waals surface area (Å²) in [5, 5.41) is 5.85. The molecule has 0 unspecified atom stereocenters. The number of hydrogen-bond donors (Lipinski definition) is 2. The van der Waals surface area contributed by atoms with Crippen LogP contribution in [0.25, 0.3) is 0 Å². The molecule has 0 saturated carbocycles. The number of carbonyl (C=O) groups excluding carboxylic acids is 2. The van der Waals surface area contributed by atoms with E-state index in [-0.39, 0.29) is 17.9 Å². The monoisotopic (exact) mass is 450 g/mol. The van der Waals surface area contributed by atoms with E-state index < -0.39 is 0 Å². The first kappa shape index (κ1) is 22.8. The molecule has 4 aromatic rings. The van der Waals surface area contributed by atoms with Gasteiger partial charge in [-0.15, -0.1) is 0 Å². The van der Waals surface area contributed by atoms with Gasteiger partial charge in [-0.1, -0.05) is 72.8 Å². The molecule has 0 aliphatic rings. The normalized spacial score (nSPS) is 11.3. The van der Waals surface area contributed by atoms with Crippen molar-refractivity contribution in [1.82, 2.24) is 5.32 Å². The minimum atomic E-state index is -0.300. The summed E-state index contributed by atoms with van der Waals surface area (Å²) in [4.78, 5) is 25.8. The molecule has 5 heteroatoms. The average Bonchev–Trinajstić information content (AvgIpc) is 2.89. The minimum absolute atomic E-state index is 0.166. The second-order valence-corrected chi connectivity index (χ2v) is 7.90. The van der Waals surface area contributed by atoms with Crippen LogP contribution in [0.4, 0.5) is 5.69 Å². The van der Waals surface area contributed by atoms with E-state index in [1.165, 1.54) is 0 Å². The lowest BCUT2D eigenvalue weighted by Crippen LogP contribution is -2.28. The number of nitrogens with one attached hydrogen (secondary N) is 2. The molecule has 0 spiro atoms. The molecule has 4 rings (SSSR count). The Kier molecular flexibility index (Phi) is 7.35. The summed E-state index contributed by atoms with van der Waals surface area (Å²) in [6.45, 7) is 2.38. The largest absolute Gasteiger partial charge is 0.489 e. The van der Waals surface area contributed by atoms with Crippen molar-refractivity contribution in [3.8, 4) is 5.75 Å². The van der Waals surface area contributed by atoms with E-state index in [1.807, 2.05) is 67.6 Å². The first-order valence-electron chi connectivity index (χ1n) is 11.1. The van der Waals surface area contributed by atoms with Crippen molar-refractivity contribution in [2.24, 2.45) is 0 Å². The van der Waals surface area contributed by atoms with Gasteiger partial charge in [0.25, 0.3) is 11.8 Å². The molecule has 4 aromatic carbocycles. The Bertz CT molecular complexity index is 1240. The van der Waals surface area contributed by atoms with Crippen molar-refractivity contribution in [2.75, 3.05) is 5.32 Å². The second kappa shape index (κ2) is 11.0. The van der Waals surface area contributed by atoms with E-state index in [1.54, 1.807) is 48.5 Å². The molecule has 34 heavy (non-hydrogen) atoms. The highest BCUT2D eigenvalue weighted by molar-refractivity contribution is 6.09. The van der Waals surface area contributed by atoms with Crippen LogP contribution in [0.15, 0.2) is 109 Å². The maximum absolute atomic E-state index is 12.9. The molecular weight excluding hydrogens is 424 g/mol. The number of para-hydroxylation sites is 1. The molecule has 0 fully saturated rings. The molecule has 5 nitrogen and oxygen atoms in total. The molecule has 0 heterocycles. The third-order valence-corrected chi connectivity index (χ3v) is 5.43. The van der Waals surface area contributed by atoms with Gasteiger partial charge < -0.3 is 15.4 Å². The first-order valence-corrected chi connectivity index (χ1v) is 11.1. The lowest BCUT2D eigenvalue weighted by atomic mass is 10.1. The molecule has 0 bridgehead atoms. The molecule has 0 saturated heterocycles. The van der Waals surface area contributed by atoms with Crippen molar-refractivity contribution >= 4 is 17.5 Å². The van der Waals surface area contributed by atoms with E-state index >= 15 is 0 Å². The van der Waals surface area contributed by atoms with Crippen molar-refractivity contribution in [1.29, 1.82) is 0 Å². The lowest BCUT2D eigenvalue weighted by Gasteiger charge is -2.16. The number of anilines is 1. The SMILES string of the molecule is C[C@@H](NC(=O)c1ccccc1NC(=O)c1ccc(OCc2ccccc2)cc1)c1ccccc1. The maximum Gasteiger partial charge on any atom is 0.255 e. The molecule has 2 N–H and O–H groups in total. The van der Waals surface area contributed by atoms with Crippen molar-refractivity contribution in [2.45, 2.75) is 19.6 Å². The van der Waals surface area contributed by atoms with Gasteiger partial charge in [0.15, 0.2) is 0 Å². The fourth-order valence-electron chi connectivity index (χ4n) is 3.53. The van der Waals surface area contributed by atoms with Gasteiger partial charge in [-0.05, 0) is 54.4 Å². The van der Waals surface area contributed by atoms with E-state index in [9.17, 15) is 9.59 Å². The van der Waals surface area contributed by atoms with Crippen molar-refractivity contribution < 1.29 is 14.3 Å². The van der Waals surface area contributed by atoms with Crippen LogP contribution in [-0.2, 0) is 6.61 Å². The zero-order valence-electron chi connectivity index (χ0n) is 18.9. The Balaban J connectivity index is 1.40. The summed E-state index contributed by atoms with van der Waals surface area (Å²) in [5.74, 6) is 0.123. The molecular formula is C29H26N2O3. The van der Waals surface area contributed by atoms with Crippen LogP contribution in [0.1, 0.15) is 44.8 Å². The Labute approximate surface area is 199 Å². The van der Waals surface area contributed by atoms with E-state index in [0.717, 1.165) is 11.1 Å². The smallest absolute Gasteiger partial charge is 0.255 e. The second-order valence-electron chi connectivity index (χ2n) is 7.90. The Morgan fingerprint density at radius 2 is 1.35 bits per heavy atom. The number of hydrogen-bond acceptors (Lipinski definition) is 3. The van der Waals surface area contributed by atoms with Gasteiger partial charge in [0, 0.05) is 5.56 Å². The van der Waals surface area contributed by atoms with Gasteiger partial charge in [-0.2, -0.15) is 0 Å². The lowest BCUT2D eigenvalue weighted by molar-refractivity contribution is 0.0940. The predicted octanol–water partition coefficient (Wildman–Crippen LogP) is 6.01. The van der Waals surface area contributed by atoms with Crippen molar-refractivity contribution in [3.63, 3.8) is 0 Å². The molecule has 2 amide bonds. The van der Waals surface area contributed by atoms with E-state index in [0.29, 0.717) is 29.2 Å². The molecule has 170 valence electrons. The summed E-state index contributed by atoms with van der Waals surface area (Å²) in [6.07, 6.45) is 0. The first-order chi connectivity index (χ1) is 16.6. The van der Waals surface area contributed by atoms with Crippen LogP contribution in [0.2, 0.25) is 0 Å². The molecule has 0 radical (unpaired) electrons. The van der Waals surface area contributed by atoms with Gasteiger partial charge in [0.2, 0.25) is 0 Å². The summed E-state index contributed by atoms with van der Waals surface area (Å²) < 4.78 is 5.78. The summed E-state index contributed by atoms with van der Waals surface area (Å²) in [6, 6.07) is 33.4. The molecule has 0 aliphatic carbocycles. The average molecular weight is 451 g/mol. The zero-order valence-corrected chi connectivity index (χ0v) is 18.9. The van der Waals surface area contributed by atoms with Crippen LogP contribution in [0, 0.1) is 0 Å². The predicted molar refractivity (Wildman–Crippen MR) is 134 cm³/mol. The Hall–Kier alpha value is -4.38. The number of ether oxygens (including phenoxy) is 1. The van der Waals surface area contributed by atoms with Crippen LogP contribution >= 0.6 is 0 Å². The summed E-state index contributed by atoms with van der Waals surface area (Å²) >= 11 is 0. The third kappa shape index (κ3) is 5.90. The van der Waals surface area contributed by atoms with Gasteiger partial charge in [-0.25, -0.2) is 0 Å². The van der Waals surface area contributed by atoms with Crippen LogP contribution in [0.3, 0.4) is 0 Å². The summed E-state index contributed by atoms with van der Waals surface area (Å²) in [7, 11) is 0. The van der Waals surface area contributed by atoms with E-state index in [2.05, 4.69) is 10.6 Å². The van der Waals surface area contributed by atoms with Crippen LogP contribution in [0.5, 0.6) is 5.75 Å². The minimum Gasteiger partial charge on any atom is -0.489 e. The summed E-state index contributed by atoms with van der Waals surface area (Å²) in [5.41, 5.74) is 3.41. The number of carbonyl (C=O) groups is 2. The standard InChI is InChI=1S/C29H26N2O3/c1-21(23-12-6-3-7-13-23)30-29(33)26-14-8-9-15-27(26)31-28(32)24-16-18-25(19-17-24)34-20-22-10-4-2-5-11-22/h2-19,21H,20H2,1H3,(H,30,33)(H,31,32)/t21-/m1/s1. The number of amides is 2. The number of benzene rings is 4. The highest BCUT2D eigenvalue weighted by Gasteiger charge is 2.16. The maximum atomic E-state index is 12.9. The van der Waals surface area contributed by atoms with Gasteiger partial charge in [-0.3, -0.25) is 9.59 Å². The Morgan fingerprint density at radius 1 is 0.735 bits per heavy atom. The Morgan fingerprint density at radius 3 is 2.06 bits per heavy atom. The van der Waals surface area contributed by atoms with Crippen LogP contribution < -0.4 is 15.4 Å². The zero-order chi connectivity index (χ0) is 23.8. The highest BCUT2D eigenvalue weighted by Crippen LogP contribution is 2.20. The molecule has 0 aliphatic heterocycles. The fraction of sp³-hybridized carbons (Fsp3) is 0.103. The van der Waals surface area contributed by atoms with Gasteiger partial charge >= 0.3 is 0 Å². The van der Waals surface area contributed by atoms with Gasteiger partial charge in [0.05, 0.1) is 17.3 Å². The fourth-order valence-corrected chi connectivity index (χ4v) is 3.53. The topological polar surface area (TPSA) is 67.4 Å². The number of rotatable bonds is 8. The quantitative estimate of drug-likeness (QED) is 0.345. The van der Waals surface area contributed by atoms with E-state index in [4.69, 9.17) is 4.74 Å². The van der Waals surface area contributed by atoms with Gasteiger partial charge in [0.1, 0.15) is 12.4 Å². The van der Waals surface area contributed by atoms with Crippen LogP contribution in [-0.4, -0.2) is 11.8 Å². The third-order valence-electron chi connectivity index (χ3n) is 5.43. The van der Waals surface area contributed by atoms with Crippen molar-refractivity contribution in [3.05, 3.63) is 131 Å². The molecule has 1 atom stereocenters. The highest BCUT2D eigenvalue weighted by atomic mass is 16.5. The molecule has 0 aromatic heterocycles.